The highest BCUT2D eigenvalue weighted by Gasteiger charge is 1.99. The lowest BCUT2D eigenvalue weighted by molar-refractivity contribution is 0.688. The second-order valence-electron chi connectivity index (χ2n) is 4.82. The third-order valence-electron chi connectivity index (χ3n) is 3.36. The molecular weight excluding hydrogens is 220 g/mol. The predicted molar refractivity (Wildman–Crippen MR) is 75.4 cm³/mol. The van der Waals surface area contributed by atoms with Gasteiger partial charge in [-0.05, 0) is 54.7 Å². The van der Waals surface area contributed by atoms with Crippen molar-refractivity contribution in [1.29, 1.82) is 0 Å². The van der Waals surface area contributed by atoms with E-state index in [9.17, 15) is 0 Å². The number of hydrogen-bond acceptors (Lipinski definition) is 2. The molecule has 0 radical (unpaired) electrons. The minimum absolute atomic E-state index is 0.868. The maximum atomic E-state index is 4.16. The highest BCUT2D eigenvalue weighted by molar-refractivity contribution is 5.30. The van der Waals surface area contributed by atoms with Crippen molar-refractivity contribution in [2.45, 2.75) is 33.9 Å². The summed E-state index contributed by atoms with van der Waals surface area (Å²) in [5.41, 5.74) is 6.59. The van der Waals surface area contributed by atoms with Crippen molar-refractivity contribution in [3.05, 3.63) is 64.5 Å². The van der Waals surface area contributed by atoms with Gasteiger partial charge in [0.1, 0.15) is 0 Å². The van der Waals surface area contributed by atoms with Crippen molar-refractivity contribution in [3.8, 4) is 0 Å². The summed E-state index contributed by atoms with van der Waals surface area (Å²) in [7, 11) is 0. The number of benzene rings is 1. The highest BCUT2D eigenvalue weighted by atomic mass is 14.9. The first-order chi connectivity index (χ1) is 8.66. The third kappa shape index (κ3) is 3.17. The van der Waals surface area contributed by atoms with Crippen LogP contribution in [0.4, 0.5) is 0 Å². The van der Waals surface area contributed by atoms with Crippen LogP contribution in [0.1, 0.15) is 27.8 Å². The predicted octanol–water partition coefficient (Wildman–Crippen LogP) is 3.30. The van der Waals surface area contributed by atoms with E-state index in [-0.39, 0.29) is 0 Å². The van der Waals surface area contributed by atoms with Crippen LogP contribution in [0.25, 0.3) is 0 Å². The Balaban J connectivity index is 1.92. The van der Waals surface area contributed by atoms with Crippen LogP contribution in [0.3, 0.4) is 0 Å². The zero-order valence-electron chi connectivity index (χ0n) is 11.3. The summed E-state index contributed by atoms with van der Waals surface area (Å²) >= 11 is 0. The van der Waals surface area contributed by atoms with Crippen molar-refractivity contribution in [2.24, 2.45) is 0 Å². The summed E-state index contributed by atoms with van der Waals surface area (Å²) in [6.07, 6.45) is 3.77. The Kier molecular flexibility index (Phi) is 4.11. The lowest BCUT2D eigenvalue weighted by atomic mass is 10.1. The molecule has 1 N–H and O–H groups in total. The minimum atomic E-state index is 0.868. The molecule has 0 saturated heterocycles. The number of hydrogen-bond donors (Lipinski definition) is 1. The van der Waals surface area contributed by atoms with Gasteiger partial charge in [0.2, 0.25) is 0 Å². The lowest BCUT2D eigenvalue weighted by Gasteiger charge is -2.08. The van der Waals surface area contributed by atoms with Gasteiger partial charge in [-0.15, -0.1) is 0 Å². The standard InChI is InChI=1S/C16H20N2/c1-12-4-5-15(8-14(12)3)9-18-11-16-10-17-7-6-13(16)2/h4-8,10,18H,9,11H2,1-3H3. The topological polar surface area (TPSA) is 24.9 Å². The molecule has 2 heteroatoms. The number of nitrogens with zero attached hydrogens (tertiary/aromatic N) is 1. The normalized spacial score (nSPS) is 10.6. The summed E-state index contributed by atoms with van der Waals surface area (Å²) in [5, 5.41) is 3.47. The largest absolute Gasteiger partial charge is 0.309 e. The number of aromatic nitrogens is 1. The summed E-state index contributed by atoms with van der Waals surface area (Å²) in [6, 6.07) is 8.67. The molecule has 1 aromatic carbocycles. The highest BCUT2D eigenvalue weighted by Crippen LogP contribution is 2.10. The molecule has 0 atom stereocenters. The summed E-state index contributed by atoms with van der Waals surface area (Å²) in [6.45, 7) is 8.19. The van der Waals surface area contributed by atoms with Crippen LogP contribution in [0, 0.1) is 20.8 Å². The lowest BCUT2D eigenvalue weighted by Crippen LogP contribution is -2.13. The average molecular weight is 240 g/mol. The molecule has 2 aromatic rings. The van der Waals surface area contributed by atoms with Crippen LogP contribution in [-0.4, -0.2) is 4.98 Å². The average Bonchev–Trinajstić information content (AvgIpc) is 2.36. The fourth-order valence-electron chi connectivity index (χ4n) is 1.94. The van der Waals surface area contributed by atoms with E-state index in [4.69, 9.17) is 0 Å². The van der Waals surface area contributed by atoms with E-state index < -0.39 is 0 Å². The molecule has 0 saturated carbocycles. The molecule has 94 valence electrons. The molecule has 2 nitrogen and oxygen atoms in total. The van der Waals surface area contributed by atoms with Crippen molar-refractivity contribution in [3.63, 3.8) is 0 Å². The summed E-state index contributed by atoms with van der Waals surface area (Å²) in [4.78, 5) is 4.16. The van der Waals surface area contributed by atoms with Gasteiger partial charge >= 0.3 is 0 Å². The molecule has 1 heterocycles. The summed E-state index contributed by atoms with van der Waals surface area (Å²) in [5.74, 6) is 0. The molecule has 18 heavy (non-hydrogen) atoms. The first kappa shape index (κ1) is 12.8. The van der Waals surface area contributed by atoms with Crippen molar-refractivity contribution in [2.75, 3.05) is 0 Å². The van der Waals surface area contributed by atoms with Crippen LogP contribution in [0.15, 0.2) is 36.7 Å². The molecule has 2 rings (SSSR count). The van der Waals surface area contributed by atoms with Crippen LogP contribution in [0.5, 0.6) is 0 Å². The van der Waals surface area contributed by atoms with Gasteiger partial charge in [-0.1, -0.05) is 18.2 Å². The quantitative estimate of drug-likeness (QED) is 0.887. The third-order valence-corrected chi connectivity index (χ3v) is 3.36. The maximum absolute atomic E-state index is 4.16. The zero-order chi connectivity index (χ0) is 13.0. The first-order valence-electron chi connectivity index (χ1n) is 6.33. The Morgan fingerprint density at radius 1 is 0.944 bits per heavy atom. The van der Waals surface area contributed by atoms with E-state index in [1.54, 1.807) is 0 Å². The Morgan fingerprint density at radius 3 is 2.50 bits per heavy atom. The van der Waals surface area contributed by atoms with Crippen molar-refractivity contribution in [1.82, 2.24) is 10.3 Å². The van der Waals surface area contributed by atoms with Gasteiger partial charge in [0.15, 0.2) is 0 Å². The Bertz CT molecular complexity index is 532. The molecule has 0 aliphatic carbocycles. The van der Waals surface area contributed by atoms with Crippen LogP contribution in [0.2, 0.25) is 0 Å². The number of aryl methyl sites for hydroxylation is 3. The first-order valence-corrected chi connectivity index (χ1v) is 6.33. The SMILES string of the molecule is Cc1ccc(CNCc2cnccc2C)cc1C. The van der Waals surface area contributed by atoms with Crippen molar-refractivity contribution >= 4 is 0 Å². The van der Waals surface area contributed by atoms with E-state index >= 15 is 0 Å². The number of nitrogens with one attached hydrogen (secondary N) is 1. The molecule has 0 unspecified atom stereocenters. The van der Waals surface area contributed by atoms with Gasteiger partial charge in [-0.3, -0.25) is 4.98 Å². The van der Waals surface area contributed by atoms with E-state index in [1.165, 1.54) is 27.8 Å². The Labute approximate surface area is 109 Å². The van der Waals surface area contributed by atoms with Gasteiger partial charge < -0.3 is 5.32 Å². The zero-order valence-corrected chi connectivity index (χ0v) is 11.3. The number of pyridine rings is 1. The van der Waals surface area contributed by atoms with E-state index in [0.717, 1.165) is 13.1 Å². The molecule has 0 bridgehead atoms. The number of rotatable bonds is 4. The monoisotopic (exact) mass is 240 g/mol. The Hall–Kier alpha value is -1.67. The van der Waals surface area contributed by atoms with Gasteiger partial charge in [-0.2, -0.15) is 0 Å². The fraction of sp³-hybridized carbons (Fsp3) is 0.312. The fourth-order valence-corrected chi connectivity index (χ4v) is 1.94. The molecule has 0 aliphatic heterocycles. The van der Waals surface area contributed by atoms with Crippen molar-refractivity contribution < 1.29 is 0 Å². The van der Waals surface area contributed by atoms with E-state index in [1.807, 2.05) is 18.5 Å². The second-order valence-corrected chi connectivity index (χ2v) is 4.82. The molecule has 0 spiro atoms. The maximum Gasteiger partial charge on any atom is 0.0315 e. The van der Waals surface area contributed by atoms with Gasteiger partial charge in [0.05, 0.1) is 0 Å². The Morgan fingerprint density at radius 2 is 1.78 bits per heavy atom. The second kappa shape index (κ2) is 5.78. The smallest absolute Gasteiger partial charge is 0.0315 e. The van der Waals surface area contributed by atoms with E-state index in [0.29, 0.717) is 0 Å². The minimum Gasteiger partial charge on any atom is -0.309 e. The molecule has 0 fully saturated rings. The van der Waals surface area contributed by atoms with Gasteiger partial charge in [0.25, 0.3) is 0 Å². The molecule has 0 aliphatic rings. The summed E-state index contributed by atoms with van der Waals surface area (Å²) < 4.78 is 0. The molecule has 0 amide bonds. The van der Waals surface area contributed by atoms with Gasteiger partial charge in [-0.25, -0.2) is 0 Å². The van der Waals surface area contributed by atoms with Crippen LogP contribution in [-0.2, 0) is 13.1 Å². The van der Waals surface area contributed by atoms with Crippen LogP contribution >= 0.6 is 0 Å². The van der Waals surface area contributed by atoms with Gasteiger partial charge in [0, 0.05) is 25.5 Å². The molecular formula is C16H20N2. The van der Waals surface area contributed by atoms with Crippen LogP contribution < -0.4 is 5.32 Å². The van der Waals surface area contributed by atoms with E-state index in [2.05, 4.69) is 49.3 Å². The molecule has 1 aromatic heterocycles.